The maximum atomic E-state index is 6.96. The summed E-state index contributed by atoms with van der Waals surface area (Å²) in [5.74, 6) is 2.92. The lowest BCUT2D eigenvalue weighted by Gasteiger charge is -2.29. The van der Waals surface area contributed by atoms with Crippen molar-refractivity contribution in [3.8, 4) is 28.0 Å². The van der Waals surface area contributed by atoms with Crippen LogP contribution in [0.2, 0.25) is 0 Å². The van der Waals surface area contributed by atoms with E-state index < -0.39 is 6.17 Å². The van der Waals surface area contributed by atoms with Crippen molar-refractivity contribution < 1.29 is 4.74 Å². The Labute approximate surface area is 363 Å². The third-order valence-electron chi connectivity index (χ3n) is 14.9. The molecule has 1 aliphatic heterocycles. The number of nitrogens with one attached hydrogen (secondary N) is 1. The zero-order valence-corrected chi connectivity index (χ0v) is 35.2. The van der Waals surface area contributed by atoms with Crippen LogP contribution in [-0.4, -0.2) is 16.5 Å². The highest BCUT2D eigenvalue weighted by molar-refractivity contribution is 6.03. The van der Waals surface area contributed by atoms with Gasteiger partial charge in [-0.2, -0.15) is 0 Å². The number of ether oxygens (including phenoxy) is 1. The Bertz CT molecular complexity index is 3180. The largest absolute Gasteiger partial charge is 0.485 e. The monoisotopic (exact) mass is 804 g/mol. The molecule has 5 heteroatoms. The predicted octanol–water partition coefficient (Wildman–Crippen LogP) is 12.5. The van der Waals surface area contributed by atoms with Crippen molar-refractivity contribution >= 4 is 34.0 Å². The molecule has 3 N–H and O–H groups in total. The fourth-order valence-electron chi connectivity index (χ4n) is 11.8. The Balaban J connectivity index is 0.882. The van der Waals surface area contributed by atoms with Gasteiger partial charge in [-0.3, -0.25) is 0 Å². The smallest absolute Gasteiger partial charge is 0.132 e. The van der Waals surface area contributed by atoms with E-state index in [9.17, 15) is 0 Å². The molecule has 1 saturated carbocycles. The normalized spacial score (nSPS) is 21.0. The minimum atomic E-state index is -0.406. The van der Waals surface area contributed by atoms with Crippen molar-refractivity contribution in [2.75, 3.05) is 0 Å². The van der Waals surface area contributed by atoms with Crippen LogP contribution in [-0.2, 0) is 18.5 Å². The number of nitrogens with two attached hydrogens (primary N) is 1. The summed E-state index contributed by atoms with van der Waals surface area (Å²) >= 11 is 0. The lowest BCUT2D eigenvalue weighted by Crippen LogP contribution is -2.35. The number of benzene rings is 6. The van der Waals surface area contributed by atoms with Gasteiger partial charge in [0, 0.05) is 45.2 Å². The topological polar surface area (TPSA) is 64.6 Å². The van der Waals surface area contributed by atoms with Crippen LogP contribution in [0, 0.1) is 0 Å². The SMILES string of the molecule is CC1(C)C2=C(C=C3c4ccccc4OC3C2)c2ccc(-c3ccc4c(c3)c3c(n4C/N=C(\NC(N)c4ccccc4)c4cccc5c4C4CC4c4ccccc4-5)CCC=C3)cc21. The van der Waals surface area contributed by atoms with Crippen LogP contribution in [0.1, 0.15) is 101 Å². The van der Waals surface area contributed by atoms with Gasteiger partial charge in [-0.15, -0.1) is 0 Å². The van der Waals surface area contributed by atoms with Gasteiger partial charge in [0.15, 0.2) is 0 Å². The lowest BCUT2D eigenvalue weighted by atomic mass is 9.76. The maximum absolute atomic E-state index is 6.96. The molecule has 1 aromatic heterocycles. The molecule has 0 saturated heterocycles. The van der Waals surface area contributed by atoms with E-state index in [-0.39, 0.29) is 11.5 Å². The zero-order chi connectivity index (χ0) is 41.3. The van der Waals surface area contributed by atoms with Crippen LogP contribution in [0.15, 0.2) is 156 Å². The van der Waals surface area contributed by atoms with E-state index in [1.54, 1.807) is 0 Å². The molecule has 0 spiro atoms. The highest BCUT2D eigenvalue weighted by atomic mass is 16.5. The summed E-state index contributed by atoms with van der Waals surface area (Å²) in [6.45, 7) is 5.28. The second-order valence-corrected chi connectivity index (χ2v) is 18.6. The molecule has 5 nitrogen and oxygen atoms in total. The fourth-order valence-corrected chi connectivity index (χ4v) is 11.8. The van der Waals surface area contributed by atoms with Crippen LogP contribution in [0.25, 0.3) is 50.4 Å². The van der Waals surface area contributed by atoms with Gasteiger partial charge in [0.2, 0.25) is 0 Å². The van der Waals surface area contributed by atoms with E-state index in [4.69, 9.17) is 15.5 Å². The summed E-state index contributed by atoms with van der Waals surface area (Å²) in [7, 11) is 0. The Morgan fingerprint density at radius 3 is 2.52 bits per heavy atom. The molecule has 2 heterocycles. The van der Waals surface area contributed by atoms with Gasteiger partial charge >= 0.3 is 0 Å². The van der Waals surface area contributed by atoms with E-state index >= 15 is 0 Å². The third kappa shape index (κ3) is 5.34. The average molecular weight is 805 g/mol. The van der Waals surface area contributed by atoms with E-state index in [1.165, 1.54) is 95.4 Å². The van der Waals surface area contributed by atoms with E-state index in [0.29, 0.717) is 18.5 Å². The van der Waals surface area contributed by atoms with Crippen LogP contribution in [0.5, 0.6) is 5.75 Å². The molecule has 5 aliphatic carbocycles. The van der Waals surface area contributed by atoms with Gasteiger partial charge in [-0.1, -0.05) is 135 Å². The van der Waals surface area contributed by atoms with Crippen molar-refractivity contribution in [2.24, 2.45) is 10.7 Å². The molecule has 6 aromatic carbocycles. The molecule has 302 valence electrons. The number of aliphatic imine (C=N–C) groups is 1. The molecule has 13 rings (SSSR count). The second-order valence-electron chi connectivity index (χ2n) is 18.6. The molecule has 0 radical (unpaired) electrons. The van der Waals surface area contributed by atoms with Gasteiger partial charge in [-0.05, 0) is 123 Å². The summed E-state index contributed by atoms with van der Waals surface area (Å²) < 4.78 is 8.94. The Hall–Kier alpha value is -6.69. The molecular formula is C57H48N4O. The first-order valence-corrected chi connectivity index (χ1v) is 22.4. The number of amidine groups is 1. The minimum Gasteiger partial charge on any atom is -0.485 e. The number of allylic oxidation sites excluding steroid dienone is 3. The molecule has 4 unspecified atom stereocenters. The summed E-state index contributed by atoms with van der Waals surface area (Å²) in [6.07, 6.45) is 10.9. The standard InChI is InChI=1S/C57H48N4O/c1-57(2)48-28-35(23-25-38(48)44-30-46-40-18-9-11-22-52(40)62-53(46)31-49(44)57)34-24-26-51-45(27-34)39-17-8-10-21-50(39)61(51)32-59-56(60-55(58)33-13-4-3-5-14-33)42-20-12-19-41-36-15-6-7-16-37(36)43-29-47(43)54(41)42/h3-9,11-20,22-28,30,43,47,53,55H,10,21,29,31-32,58H2,1-2H3,(H,59,60). The van der Waals surface area contributed by atoms with Crippen LogP contribution < -0.4 is 15.8 Å². The minimum absolute atomic E-state index is 0.0859. The number of hydrogen-bond acceptors (Lipinski definition) is 3. The average Bonchev–Trinajstić information content (AvgIpc) is 3.89. The van der Waals surface area contributed by atoms with Crippen LogP contribution >= 0.6 is 0 Å². The maximum Gasteiger partial charge on any atom is 0.132 e. The molecule has 4 atom stereocenters. The summed E-state index contributed by atoms with van der Waals surface area (Å²) in [5, 5.41) is 5.01. The molecule has 6 aliphatic rings. The number of aromatic nitrogens is 1. The lowest BCUT2D eigenvalue weighted by molar-refractivity contribution is 0.270. The first kappa shape index (κ1) is 36.0. The Morgan fingerprint density at radius 1 is 0.823 bits per heavy atom. The van der Waals surface area contributed by atoms with Gasteiger partial charge in [-0.25, -0.2) is 4.99 Å². The number of fused-ring (bicyclic) bond motifs is 14. The van der Waals surface area contributed by atoms with Crippen molar-refractivity contribution in [3.05, 3.63) is 201 Å². The Morgan fingerprint density at radius 2 is 1.61 bits per heavy atom. The van der Waals surface area contributed by atoms with Gasteiger partial charge < -0.3 is 20.4 Å². The summed E-state index contributed by atoms with van der Waals surface area (Å²) in [5.41, 5.74) is 29.1. The van der Waals surface area contributed by atoms with E-state index in [0.717, 1.165) is 42.0 Å². The van der Waals surface area contributed by atoms with Crippen LogP contribution in [0.3, 0.4) is 0 Å². The van der Waals surface area contributed by atoms with Gasteiger partial charge in [0.05, 0.1) is 5.52 Å². The third-order valence-corrected chi connectivity index (χ3v) is 14.9. The fraction of sp³-hybridized carbons (Fsp3) is 0.211. The van der Waals surface area contributed by atoms with Crippen molar-refractivity contribution in [1.29, 1.82) is 0 Å². The second kappa shape index (κ2) is 13.4. The van der Waals surface area contributed by atoms with Crippen molar-refractivity contribution in [1.82, 2.24) is 9.88 Å². The van der Waals surface area contributed by atoms with E-state index in [1.807, 2.05) is 18.2 Å². The first-order chi connectivity index (χ1) is 30.4. The first-order valence-electron chi connectivity index (χ1n) is 22.4. The summed E-state index contributed by atoms with van der Waals surface area (Å²) in [6, 6.07) is 48.7. The number of nitrogens with zero attached hydrogens (tertiary/aromatic N) is 2. The van der Waals surface area contributed by atoms with E-state index in [2.05, 4.69) is 157 Å². The van der Waals surface area contributed by atoms with Gasteiger partial charge in [0.1, 0.15) is 30.5 Å². The number of rotatable bonds is 6. The quantitative estimate of drug-likeness (QED) is 0.1000. The molecule has 1 fully saturated rings. The van der Waals surface area contributed by atoms with Crippen molar-refractivity contribution in [3.63, 3.8) is 0 Å². The molecule has 7 aromatic rings. The van der Waals surface area contributed by atoms with Gasteiger partial charge in [0.25, 0.3) is 0 Å². The van der Waals surface area contributed by atoms with Crippen molar-refractivity contribution in [2.45, 2.75) is 75.7 Å². The zero-order valence-electron chi connectivity index (χ0n) is 35.2. The number of para-hydroxylation sites is 1. The van der Waals surface area contributed by atoms with Crippen LogP contribution in [0.4, 0.5) is 0 Å². The highest BCUT2D eigenvalue weighted by Gasteiger charge is 2.47. The molecule has 62 heavy (non-hydrogen) atoms. The predicted molar refractivity (Wildman–Crippen MR) is 253 cm³/mol. The summed E-state index contributed by atoms with van der Waals surface area (Å²) in [4.78, 5) is 5.53. The molecular weight excluding hydrogens is 757 g/mol. The Kier molecular flexibility index (Phi) is 7.78. The number of hydrogen-bond donors (Lipinski definition) is 2. The molecule has 0 bridgehead atoms. The molecule has 0 amide bonds. The highest BCUT2D eigenvalue weighted by Crippen LogP contribution is 2.63.